The number of hydrogen-bond acceptors (Lipinski definition) is 8. The van der Waals surface area contributed by atoms with Gasteiger partial charge in [-0.3, -0.25) is 4.79 Å². The van der Waals surface area contributed by atoms with Crippen LogP contribution >= 0.6 is 0 Å². The Labute approximate surface area is 247 Å². The maximum absolute atomic E-state index is 13.3. The number of methoxy groups -OCH3 is 3. The first-order chi connectivity index (χ1) is 19.6. The molecule has 0 saturated carbocycles. The van der Waals surface area contributed by atoms with Crippen molar-refractivity contribution >= 4 is 5.91 Å². The number of ether oxygens (including phenoxy) is 5. The zero-order valence-electron chi connectivity index (χ0n) is 26.4. The van der Waals surface area contributed by atoms with E-state index in [0.717, 1.165) is 37.0 Å². The third-order valence-corrected chi connectivity index (χ3v) is 8.26. The average molecular weight is 581 g/mol. The van der Waals surface area contributed by atoms with Crippen LogP contribution in [0.15, 0.2) is 18.2 Å². The Morgan fingerprint density at radius 1 is 1.10 bits per heavy atom. The van der Waals surface area contributed by atoms with Gasteiger partial charge in [0, 0.05) is 45.8 Å². The quantitative estimate of drug-likeness (QED) is 0.223. The second-order valence-electron chi connectivity index (χ2n) is 12.1. The van der Waals surface area contributed by atoms with Gasteiger partial charge in [0.25, 0.3) is 0 Å². The highest BCUT2D eigenvalue weighted by molar-refractivity contribution is 5.79. The van der Waals surface area contributed by atoms with Gasteiger partial charge in [-0.15, -0.1) is 0 Å². The van der Waals surface area contributed by atoms with Crippen molar-refractivity contribution in [2.45, 2.75) is 90.5 Å². The Morgan fingerprint density at radius 2 is 1.85 bits per heavy atom. The number of amides is 1. The monoisotopic (exact) mass is 580 g/mol. The van der Waals surface area contributed by atoms with E-state index in [9.17, 15) is 9.90 Å². The molecule has 1 aromatic rings. The molecule has 9 heteroatoms. The lowest BCUT2D eigenvalue weighted by molar-refractivity contribution is -0.129. The second-order valence-corrected chi connectivity index (χ2v) is 12.1. The van der Waals surface area contributed by atoms with Gasteiger partial charge < -0.3 is 39.8 Å². The van der Waals surface area contributed by atoms with Crippen LogP contribution < -0.4 is 20.5 Å². The van der Waals surface area contributed by atoms with E-state index >= 15 is 0 Å². The van der Waals surface area contributed by atoms with E-state index in [1.54, 1.807) is 21.3 Å². The Morgan fingerprint density at radius 3 is 2.49 bits per heavy atom. The fourth-order valence-electron chi connectivity index (χ4n) is 5.43. The Bertz CT molecular complexity index is 882. The zero-order valence-corrected chi connectivity index (χ0v) is 26.4. The standard InChI is InChI=1S/C32H56N2O7/c1-21(2)24(15-23-9-10-30(39-7)31(16-23)41-13-8-12-37-5)17-28(33)29(35)19-27(22(3)4)32(36)34-25-18-26(38-6)11-14-40-20-25/h9-10,16,21-22,24-29,35H,8,11-15,17-20,33H2,1-7H3,(H,34,36)/t24-,25+,26+,27-,28-,29-/m0/s1. The van der Waals surface area contributed by atoms with E-state index in [1.807, 2.05) is 26.0 Å². The minimum Gasteiger partial charge on any atom is -0.493 e. The number of carbonyl (C=O) groups excluding carboxylic acids is 1. The van der Waals surface area contributed by atoms with E-state index in [4.69, 9.17) is 29.4 Å². The number of aliphatic hydroxyl groups is 1. The highest BCUT2D eigenvalue weighted by Crippen LogP contribution is 2.32. The molecule has 0 bridgehead atoms. The van der Waals surface area contributed by atoms with E-state index < -0.39 is 12.1 Å². The van der Waals surface area contributed by atoms with Crippen molar-refractivity contribution in [2.75, 3.05) is 47.8 Å². The Kier molecular flexibility index (Phi) is 16.0. The molecule has 1 aromatic carbocycles. The molecule has 1 heterocycles. The predicted molar refractivity (Wildman–Crippen MR) is 161 cm³/mol. The molecular weight excluding hydrogens is 524 g/mol. The average Bonchev–Trinajstić information content (AvgIpc) is 3.18. The smallest absolute Gasteiger partial charge is 0.223 e. The maximum atomic E-state index is 13.3. The third-order valence-electron chi connectivity index (χ3n) is 8.26. The molecule has 1 aliphatic heterocycles. The molecule has 0 spiro atoms. The van der Waals surface area contributed by atoms with Crippen LogP contribution in [-0.2, 0) is 25.4 Å². The summed E-state index contributed by atoms with van der Waals surface area (Å²) in [5.41, 5.74) is 7.73. The normalized spacial score (nSPS) is 20.8. The van der Waals surface area contributed by atoms with Crippen LogP contribution in [-0.4, -0.2) is 83.1 Å². The van der Waals surface area contributed by atoms with Gasteiger partial charge in [0.2, 0.25) is 5.91 Å². The lowest BCUT2D eigenvalue weighted by atomic mass is 9.80. The highest BCUT2D eigenvalue weighted by Gasteiger charge is 2.32. The summed E-state index contributed by atoms with van der Waals surface area (Å²) in [5, 5.41) is 14.3. The summed E-state index contributed by atoms with van der Waals surface area (Å²) in [5.74, 6) is 1.67. The van der Waals surface area contributed by atoms with E-state index in [0.29, 0.717) is 50.9 Å². The van der Waals surface area contributed by atoms with Crippen molar-refractivity contribution in [3.63, 3.8) is 0 Å². The SMILES string of the molecule is COCCCOc1cc(C[C@@H](C[C@H](N)[C@@H](O)C[C@H](C(=O)N[C@H]2COCC[C@@H](OC)C2)C(C)C)C(C)C)ccc1OC. The van der Waals surface area contributed by atoms with Gasteiger partial charge in [0.1, 0.15) is 0 Å². The first-order valence-electron chi connectivity index (χ1n) is 15.2. The number of rotatable bonds is 18. The minimum absolute atomic E-state index is 0.0595. The molecule has 41 heavy (non-hydrogen) atoms. The van der Waals surface area contributed by atoms with Gasteiger partial charge in [0.05, 0.1) is 38.6 Å². The molecule has 4 N–H and O–H groups in total. The van der Waals surface area contributed by atoms with Gasteiger partial charge in [0.15, 0.2) is 11.5 Å². The molecule has 0 radical (unpaired) electrons. The third kappa shape index (κ3) is 12.1. The van der Waals surface area contributed by atoms with Crippen molar-refractivity contribution in [3.8, 4) is 11.5 Å². The van der Waals surface area contributed by atoms with Crippen LogP contribution in [0.1, 0.15) is 65.4 Å². The molecule has 0 unspecified atom stereocenters. The molecule has 1 amide bonds. The summed E-state index contributed by atoms with van der Waals surface area (Å²) in [6.07, 6.45) is 3.37. The molecule has 1 fully saturated rings. The molecule has 6 atom stereocenters. The van der Waals surface area contributed by atoms with Crippen LogP contribution in [0.2, 0.25) is 0 Å². The summed E-state index contributed by atoms with van der Waals surface area (Å²) in [7, 11) is 5.01. The fourth-order valence-corrected chi connectivity index (χ4v) is 5.43. The van der Waals surface area contributed by atoms with Crippen LogP contribution in [0.5, 0.6) is 11.5 Å². The van der Waals surface area contributed by atoms with Gasteiger partial charge in [-0.05, 0) is 67.6 Å². The van der Waals surface area contributed by atoms with E-state index in [-0.39, 0.29) is 35.8 Å². The first kappa shape index (κ1) is 35.3. The van der Waals surface area contributed by atoms with Crippen molar-refractivity contribution in [2.24, 2.45) is 29.4 Å². The summed E-state index contributed by atoms with van der Waals surface area (Å²) in [6, 6.07) is 5.48. The molecule has 236 valence electrons. The lowest BCUT2D eigenvalue weighted by Gasteiger charge is -2.31. The molecule has 2 rings (SSSR count). The van der Waals surface area contributed by atoms with Crippen LogP contribution in [0, 0.1) is 23.7 Å². The number of aliphatic hydroxyl groups excluding tert-OH is 1. The van der Waals surface area contributed by atoms with Crippen LogP contribution in [0.3, 0.4) is 0 Å². The largest absolute Gasteiger partial charge is 0.493 e. The van der Waals surface area contributed by atoms with Gasteiger partial charge in [-0.1, -0.05) is 33.8 Å². The molecule has 0 aliphatic carbocycles. The molecular formula is C32H56N2O7. The lowest BCUT2D eigenvalue weighted by Crippen LogP contribution is -2.46. The van der Waals surface area contributed by atoms with Crippen molar-refractivity contribution in [1.29, 1.82) is 0 Å². The number of carbonyl (C=O) groups is 1. The first-order valence-corrected chi connectivity index (χ1v) is 15.2. The Balaban J connectivity index is 2.01. The summed E-state index contributed by atoms with van der Waals surface area (Å²) >= 11 is 0. The van der Waals surface area contributed by atoms with Crippen molar-refractivity contribution in [1.82, 2.24) is 5.32 Å². The number of nitrogens with two attached hydrogens (primary N) is 1. The zero-order chi connectivity index (χ0) is 30.4. The summed E-state index contributed by atoms with van der Waals surface area (Å²) in [4.78, 5) is 13.3. The summed E-state index contributed by atoms with van der Waals surface area (Å²) in [6.45, 7) is 10.7. The number of benzene rings is 1. The van der Waals surface area contributed by atoms with Crippen molar-refractivity contribution in [3.05, 3.63) is 23.8 Å². The topological polar surface area (TPSA) is 122 Å². The molecule has 1 saturated heterocycles. The molecule has 0 aromatic heterocycles. The van der Waals surface area contributed by atoms with E-state index in [2.05, 4.69) is 25.2 Å². The van der Waals surface area contributed by atoms with Crippen LogP contribution in [0.25, 0.3) is 0 Å². The second kappa shape index (κ2) is 18.6. The number of hydrogen-bond donors (Lipinski definition) is 3. The van der Waals surface area contributed by atoms with E-state index in [1.165, 1.54) is 0 Å². The van der Waals surface area contributed by atoms with Gasteiger partial charge in [-0.25, -0.2) is 0 Å². The van der Waals surface area contributed by atoms with Crippen LogP contribution in [0.4, 0.5) is 0 Å². The van der Waals surface area contributed by atoms with Gasteiger partial charge >= 0.3 is 0 Å². The highest BCUT2D eigenvalue weighted by atomic mass is 16.5. The molecule has 9 nitrogen and oxygen atoms in total. The fraction of sp³-hybridized carbons (Fsp3) is 0.781. The van der Waals surface area contributed by atoms with Crippen molar-refractivity contribution < 1.29 is 33.6 Å². The molecule has 1 aliphatic rings. The Hall–Kier alpha value is -1.91. The maximum Gasteiger partial charge on any atom is 0.223 e. The summed E-state index contributed by atoms with van der Waals surface area (Å²) < 4.78 is 27.8. The number of nitrogens with one attached hydrogen (secondary N) is 1. The van der Waals surface area contributed by atoms with Gasteiger partial charge in [-0.2, -0.15) is 0 Å². The predicted octanol–water partition coefficient (Wildman–Crippen LogP) is 3.98. The minimum atomic E-state index is -0.790.